The smallest absolute Gasteiger partial charge is 0.224 e. The van der Waals surface area contributed by atoms with Gasteiger partial charge in [0.25, 0.3) is 0 Å². The number of amides is 1. The summed E-state index contributed by atoms with van der Waals surface area (Å²) in [5.41, 5.74) is 2.70. The first-order chi connectivity index (χ1) is 15.1. The summed E-state index contributed by atoms with van der Waals surface area (Å²) in [7, 11) is 0. The van der Waals surface area contributed by atoms with Crippen LogP contribution in [0, 0.1) is 6.92 Å². The number of hydrogen-bond donors (Lipinski definition) is 0. The molecule has 2 aromatic heterocycles. The van der Waals surface area contributed by atoms with Crippen LogP contribution in [0.25, 0.3) is 11.4 Å². The normalized spacial score (nSPS) is 17.5. The van der Waals surface area contributed by atoms with E-state index in [-0.39, 0.29) is 5.91 Å². The van der Waals surface area contributed by atoms with Crippen molar-refractivity contribution in [2.75, 3.05) is 19.7 Å². The number of hydrogen-bond acceptors (Lipinski definition) is 7. The van der Waals surface area contributed by atoms with Gasteiger partial charge in [0.2, 0.25) is 5.91 Å². The summed E-state index contributed by atoms with van der Waals surface area (Å²) in [6.07, 6.45) is 4.62. The second-order valence-corrected chi connectivity index (χ2v) is 8.11. The summed E-state index contributed by atoms with van der Waals surface area (Å²) in [5, 5.41) is 11.4. The zero-order chi connectivity index (χ0) is 21.3. The van der Waals surface area contributed by atoms with Crippen molar-refractivity contribution in [1.82, 2.24) is 35.1 Å². The van der Waals surface area contributed by atoms with E-state index < -0.39 is 5.60 Å². The van der Waals surface area contributed by atoms with Gasteiger partial charge in [0.1, 0.15) is 11.4 Å². The van der Waals surface area contributed by atoms with Gasteiger partial charge in [-0.05, 0) is 42.2 Å². The number of tetrazole rings is 1. The fourth-order valence-corrected chi connectivity index (χ4v) is 4.45. The van der Waals surface area contributed by atoms with Crippen LogP contribution in [0.3, 0.4) is 0 Å². The first kappa shape index (κ1) is 19.7. The largest absolute Gasteiger partial charge is 0.368 e. The van der Waals surface area contributed by atoms with E-state index in [2.05, 4.69) is 20.5 Å². The van der Waals surface area contributed by atoms with Gasteiger partial charge in [-0.3, -0.25) is 4.79 Å². The maximum absolute atomic E-state index is 12.7. The first-order valence-electron chi connectivity index (χ1n) is 10.7. The van der Waals surface area contributed by atoms with Gasteiger partial charge in [-0.15, -0.1) is 5.10 Å². The number of carbonyl (C=O) groups excluding carboxylic acids is 1. The molecule has 0 atom stereocenters. The Morgan fingerprint density at radius 1 is 1.19 bits per heavy atom. The molecule has 9 heteroatoms. The first-order valence-corrected chi connectivity index (χ1v) is 10.7. The van der Waals surface area contributed by atoms with Gasteiger partial charge in [-0.1, -0.05) is 30.3 Å². The molecular formula is C22H25N7O2. The number of nitrogens with zero attached hydrogens (tertiary/aromatic N) is 7. The Labute approximate surface area is 180 Å². The molecule has 0 bridgehead atoms. The highest BCUT2D eigenvalue weighted by Crippen LogP contribution is 2.41. The molecule has 1 saturated heterocycles. The summed E-state index contributed by atoms with van der Waals surface area (Å²) in [6.45, 7) is 4.29. The van der Waals surface area contributed by atoms with Gasteiger partial charge < -0.3 is 9.64 Å². The van der Waals surface area contributed by atoms with Crippen LogP contribution in [0.4, 0.5) is 0 Å². The van der Waals surface area contributed by atoms with Crippen molar-refractivity contribution in [2.45, 2.75) is 44.8 Å². The topological polar surface area (TPSA) is 98.9 Å². The third-order valence-corrected chi connectivity index (χ3v) is 6.25. The van der Waals surface area contributed by atoms with Gasteiger partial charge >= 0.3 is 0 Å². The highest BCUT2D eigenvalue weighted by Gasteiger charge is 2.43. The zero-order valence-electron chi connectivity index (χ0n) is 17.6. The summed E-state index contributed by atoms with van der Waals surface area (Å²) in [5.74, 6) is 1.56. The lowest BCUT2D eigenvalue weighted by molar-refractivity contribution is -0.141. The van der Waals surface area contributed by atoms with E-state index in [0.717, 1.165) is 41.9 Å². The number of fused-ring (bicyclic) bond motifs is 2. The molecule has 31 heavy (non-hydrogen) atoms. The molecule has 3 aromatic rings. The van der Waals surface area contributed by atoms with E-state index >= 15 is 0 Å². The predicted molar refractivity (Wildman–Crippen MR) is 112 cm³/mol. The molecule has 1 fully saturated rings. The number of piperidine rings is 1. The van der Waals surface area contributed by atoms with Crippen molar-refractivity contribution < 1.29 is 9.53 Å². The molecule has 1 spiro atoms. The molecular weight excluding hydrogens is 394 g/mol. The van der Waals surface area contributed by atoms with Crippen LogP contribution in [-0.4, -0.2) is 60.7 Å². The molecule has 2 aliphatic rings. The number of aryl methyl sites for hydroxylation is 2. The van der Waals surface area contributed by atoms with Crippen LogP contribution in [0.2, 0.25) is 0 Å². The molecule has 1 amide bonds. The third kappa shape index (κ3) is 3.81. The number of ether oxygens (including phenoxy) is 1. The quantitative estimate of drug-likeness (QED) is 0.637. The summed E-state index contributed by atoms with van der Waals surface area (Å²) < 4.78 is 7.99. The van der Waals surface area contributed by atoms with Gasteiger partial charge in [0, 0.05) is 31.3 Å². The SMILES string of the molecule is Cc1nnnn1CCC(=O)N1CCC2(CC1)OCCc1cnc(-c3ccccc3)nc12. The lowest BCUT2D eigenvalue weighted by atomic mass is 9.83. The molecule has 0 aliphatic carbocycles. The number of aromatic nitrogens is 6. The van der Waals surface area contributed by atoms with Gasteiger partial charge in [0.05, 0.1) is 18.8 Å². The molecule has 160 valence electrons. The molecule has 0 N–H and O–H groups in total. The van der Waals surface area contributed by atoms with Gasteiger partial charge in [-0.2, -0.15) is 0 Å². The van der Waals surface area contributed by atoms with Gasteiger partial charge in [0.15, 0.2) is 5.82 Å². The maximum atomic E-state index is 12.7. The monoisotopic (exact) mass is 419 g/mol. The summed E-state index contributed by atoms with van der Waals surface area (Å²) in [4.78, 5) is 24.2. The van der Waals surface area contributed by atoms with Crippen molar-refractivity contribution in [3.8, 4) is 11.4 Å². The van der Waals surface area contributed by atoms with Crippen LogP contribution in [0.15, 0.2) is 36.5 Å². The lowest BCUT2D eigenvalue weighted by Gasteiger charge is -2.44. The number of carbonyl (C=O) groups is 1. The third-order valence-electron chi connectivity index (χ3n) is 6.25. The summed E-state index contributed by atoms with van der Waals surface area (Å²) >= 11 is 0. The van der Waals surface area contributed by atoms with Crippen LogP contribution in [0.5, 0.6) is 0 Å². The number of benzene rings is 1. The Morgan fingerprint density at radius 2 is 2.00 bits per heavy atom. The van der Waals surface area contributed by atoms with Crippen LogP contribution >= 0.6 is 0 Å². The Kier molecular flexibility index (Phi) is 5.19. The molecule has 2 aliphatic heterocycles. The van der Waals surface area contributed by atoms with Crippen molar-refractivity contribution in [1.29, 1.82) is 0 Å². The van der Waals surface area contributed by atoms with E-state index in [0.29, 0.717) is 38.5 Å². The van der Waals surface area contributed by atoms with Crippen LogP contribution in [-0.2, 0) is 28.1 Å². The zero-order valence-corrected chi connectivity index (χ0v) is 17.6. The maximum Gasteiger partial charge on any atom is 0.224 e. The van der Waals surface area contributed by atoms with Crippen molar-refractivity contribution >= 4 is 5.91 Å². The minimum Gasteiger partial charge on any atom is -0.368 e. The standard InChI is InChI=1S/C22H25N7O2/c1-16-25-26-27-29(16)11-7-19(30)28-12-9-22(10-13-28)20-18(8-14-31-22)15-23-21(24-20)17-5-3-2-4-6-17/h2-6,15H,7-14H2,1H3. The van der Waals surface area contributed by atoms with E-state index in [4.69, 9.17) is 9.72 Å². The fourth-order valence-electron chi connectivity index (χ4n) is 4.45. The molecule has 0 saturated carbocycles. The Balaban J connectivity index is 1.30. The summed E-state index contributed by atoms with van der Waals surface area (Å²) in [6, 6.07) is 10.0. The fraction of sp³-hybridized carbons (Fsp3) is 0.455. The molecule has 5 rings (SSSR count). The second-order valence-electron chi connectivity index (χ2n) is 8.11. The minimum atomic E-state index is -0.441. The van der Waals surface area contributed by atoms with E-state index in [9.17, 15) is 4.79 Å². The molecule has 1 aromatic carbocycles. The highest BCUT2D eigenvalue weighted by atomic mass is 16.5. The Bertz CT molecular complexity index is 1070. The van der Waals surface area contributed by atoms with Gasteiger partial charge in [-0.25, -0.2) is 14.6 Å². The predicted octanol–water partition coefficient (Wildman–Crippen LogP) is 1.92. The van der Waals surface area contributed by atoms with Crippen LogP contribution in [0.1, 0.15) is 36.3 Å². The average molecular weight is 419 g/mol. The van der Waals surface area contributed by atoms with E-state index in [1.54, 1.807) is 4.68 Å². The molecule has 9 nitrogen and oxygen atoms in total. The second kappa shape index (κ2) is 8.14. The molecule has 4 heterocycles. The Hall–Kier alpha value is -3.20. The van der Waals surface area contributed by atoms with Crippen molar-refractivity contribution in [3.05, 3.63) is 53.6 Å². The molecule has 0 radical (unpaired) electrons. The average Bonchev–Trinajstić information content (AvgIpc) is 3.23. The minimum absolute atomic E-state index is 0.119. The number of rotatable bonds is 4. The molecule has 0 unspecified atom stereocenters. The van der Waals surface area contributed by atoms with Crippen molar-refractivity contribution in [2.24, 2.45) is 0 Å². The van der Waals surface area contributed by atoms with E-state index in [1.807, 2.05) is 48.4 Å². The number of likely N-dealkylation sites (tertiary alicyclic amines) is 1. The lowest BCUT2D eigenvalue weighted by Crippen LogP contribution is -2.49. The van der Waals surface area contributed by atoms with Crippen molar-refractivity contribution in [3.63, 3.8) is 0 Å². The highest BCUT2D eigenvalue weighted by molar-refractivity contribution is 5.76. The van der Waals surface area contributed by atoms with E-state index in [1.165, 1.54) is 0 Å². The Morgan fingerprint density at radius 3 is 2.74 bits per heavy atom. The van der Waals surface area contributed by atoms with Crippen LogP contribution < -0.4 is 0 Å².